The molecular weight excluding hydrogens is 382 g/mol. The Balaban J connectivity index is 1.99. The second kappa shape index (κ2) is 8.39. The van der Waals surface area contributed by atoms with Gasteiger partial charge in [0, 0.05) is 28.1 Å². The molecule has 2 aromatic rings. The summed E-state index contributed by atoms with van der Waals surface area (Å²) < 4.78 is 11.6. The second-order valence-electron chi connectivity index (χ2n) is 6.52. The van der Waals surface area contributed by atoms with Crippen LogP contribution in [0.4, 0.5) is 0 Å². The van der Waals surface area contributed by atoms with E-state index in [1.54, 1.807) is 20.3 Å². The number of nitrogens with one attached hydrogen (secondary N) is 1. The third-order valence-corrected chi connectivity index (χ3v) is 4.73. The Kier molecular flexibility index (Phi) is 6.48. The Morgan fingerprint density at radius 3 is 2.36 bits per heavy atom. The molecule has 25 heavy (non-hydrogen) atoms. The SMILES string of the molecule is COc1ccc(CC(=O)NCC(C)(C)c2ccc(Br)cc2)c(OC)c1. The average Bonchev–Trinajstić information content (AvgIpc) is 2.61. The maximum absolute atomic E-state index is 12.4. The lowest BCUT2D eigenvalue weighted by Crippen LogP contribution is -2.37. The lowest BCUT2D eigenvalue weighted by molar-refractivity contribution is -0.120. The van der Waals surface area contributed by atoms with E-state index in [2.05, 4.69) is 47.2 Å². The molecule has 0 saturated carbocycles. The Bertz CT molecular complexity index is 726. The van der Waals surface area contributed by atoms with Crippen molar-refractivity contribution in [2.75, 3.05) is 20.8 Å². The third-order valence-electron chi connectivity index (χ3n) is 4.20. The van der Waals surface area contributed by atoms with E-state index in [0.717, 1.165) is 10.0 Å². The predicted molar refractivity (Wildman–Crippen MR) is 103 cm³/mol. The predicted octanol–water partition coefficient (Wildman–Crippen LogP) is 4.10. The molecular formula is C20H24BrNO3. The van der Waals surface area contributed by atoms with Gasteiger partial charge in [0.1, 0.15) is 11.5 Å². The van der Waals surface area contributed by atoms with Crippen LogP contribution in [0.3, 0.4) is 0 Å². The zero-order valence-electron chi connectivity index (χ0n) is 15.1. The smallest absolute Gasteiger partial charge is 0.224 e. The molecule has 0 spiro atoms. The Hall–Kier alpha value is -2.01. The molecule has 0 aromatic heterocycles. The first kappa shape index (κ1) is 19.3. The second-order valence-corrected chi connectivity index (χ2v) is 7.44. The van der Waals surface area contributed by atoms with Gasteiger partial charge in [-0.2, -0.15) is 0 Å². The van der Waals surface area contributed by atoms with E-state index in [1.807, 2.05) is 24.3 Å². The molecule has 0 radical (unpaired) electrons. The van der Waals surface area contributed by atoms with Gasteiger partial charge in [-0.3, -0.25) is 4.79 Å². The van der Waals surface area contributed by atoms with Gasteiger partial charge in [0.2, 0.25) is 5.91 Å². The van der Waals surface area contributed by atoms with Crippen LogP contribution in [-0.2, 0) is 16.6 Å². The summed E-state index contributed by atoms with van der Waals surface area (Å²) >= 11 is 3.44. The van der Waals surface area contributed by atoms with Gasteiger partial charge in [-0.05, 0) is 23.8 Å². The van der Waals surface area contributed by atoms with Crippen LogP contribution in [0.5, 0.6) is 11.5 Å². The molecule has 5 heteroatoms. The van der Waals surface area contributed by atoms with Gasteiger partial charge in [-0.15, -0.1) is 0 Å². The molecule has 4 nitrogen and oxygen atoms in total. The molecule has 134 valence electrons. The van der Waals surface area contributed by atoms with Gasteiger partial charge in [0.15, 0.2) is 0 Å². The largest absolute Gasteiger partial charge is 0.497 e. The Morgan fingerprint density at radius 1 is 1.08 bits per heavy atom. The summed E-state index contributed by atoms with van der Waals surface area (Å²) in [5, 5.41) is 3.03. The number of hydrogen-bond acceptors (Lipinski definition) is 3. The van der Waals surface area contributed by atoms with Crippen molar-refractivity contribution in [3.63, 3.8) is 0 Å². The zero-order chi connectivity index (χ0) is 18.4. The minimum Gasteiger partial charge on any atom is -0.497 e. The summed E-state index contributed by atoms with van der Waals surface area (Å²) in [6.45, 7) is 4.79. The van der Waals surface area contributed by atoms with Gasteiger partial charge in [0.05, 0.1) is 20.6 Å². The van der Waals surface area contributed by atoms with Crippen LogP contribution < -0.4 is 14.8 Å². The molecule has 1 N–H and O–H groups in total. The van der Waals surface area contributed by atoms with Crippen LogP contribution >= 0.6 is 15.9 Å². The van der Waals surface area contributed by atoms with Crippen LogP contribution in [0.1, 0.15) is 25.0 Å². The molecule has 1 amide bonds. The molecule has 0 aliphatic heterocycles. The molecule has 0 atom stereocenters. The fraction of sp³-hybridized carbons (Fsp3) is 0.350. The van der Waals surface area contributed by atoms with Gasteiger partial charge >= 0.3 is 0 Å². The standard InChI is InChI=1S/C20H24BrNO3/c1-20(2,15-6-8-16(21)9-7-15)13-22-19(23)11-14-5-10-17(24-3)12-18(14)25-4/h5-10,12H,11,13H2,1-4H3,(H,22,23). The number of hydrogen-bond donors (Lipinski definition) is 1. The maximum Gasteiger partial charge on any atom is 0.224 e. The normalized spacial score (nSPS) is 11.1. The first-order valence-electron chi connectivity index (χ1n) is 8.09. The Labute approximate surface area is 157 Å². The summed E-state index contributed by atoms with van der Waals surface area (Å²) in [6, 6.07) is 13.6. The first-order valence-corrected chi connectivity index (χ1v) is 8.88. The van der Waals surface area contributed by atoms with E-state index >= 15 is 0 Å². The summed E-state index contributed by atoms with van der Waals surface area (Å²) in [5.41, 5.74) is 1.86. The van der Waals surface area contributed by atoms with E-state index in [0.29, 0.717) is 18.0 Å². The first-order chi connectivity index (χ1) is 11.9. The Morgan fingerprint density at radius 2 is 1.76 bits per heavy atom. The number of benzene rings is 2. The number of carbonyl (C=O) groups excluding carboxylic acids is 1. The third kappa shape index (κ3) is 5.23. The van der Waals surface area contributed by atoms with E-state index in [9.17, 15) is 4.79 Å². The van der Waals surface area contributed by atoms with Crippen molar-refractivity contribution in [1.82, 2.24) is 5.32 Å². The maximum atomic E-state index is 12.4. The van der Waals surface area contributed by atoms with E-state index < -0.39 is 0 Å². The summed E-state index contributed by atoms with van der Waals surface area (Å²) in [5.74, 6) is 1.33. The van der Waals surface area contributed by atoms with Gasteiger partial charge < -0.3 is 14.8 Å². The van der Waals surface area contributed by atoms with Crippen molar-refractivity contribution in [3.8, 4) is 11.5 Å². The monoisotopic (exact) mass is 405 g/mol. The molecule has 0 saturated heterocycles. The molecule has 0 bridgehead atoms. The highest BCUT2D eigenvalue weighted by Crippen LogP contribution is 2.26. The highest BCUT2D eigenvalue weighted by molar-refractivity contribution is 9.10. The summed E-state index contributed by atoms with van der Waals surface area (Å²) in [6.07, 6.45) is 0.267. The highest BCUT2D eigenvalue weighted by Gasteiger charge is 2.21. The lowest BCUT2D eigenvalue weighted by atomic mass is 9.84. The van der Waals surface area contributed by atoms with Crippen molar-refractivity contribution in [2.24, 2.45) is 0 Å². The number of rotatable bonds is 7. The average molecular weight is 406 g/mol. The van der Waals surface area contributed by atoms with Gasteiger partial charge in [-0.25, -0.2) is 0 Å². The topological polar surface area (TPSA) is 47.6 Å². The van der Waals surface area contributed by atoms with Crippen LogP contribution in [0.15, 0.2) is 46.9 Å². The number of methoxy groups -OCH3 is 2. The van der Waals surface area contributed by atoms with Crippen LogP contribution in [0, 0.1) is 0 Å². The minimum atomic E-state index is -0.152. The molecule has 0 unspecified atom stereocenters. The summed E-state index contributed by atoms with van der Waals surface area (Å²) in [7, 11) is 3.19. The molecule has 2 rings (SSSR count). The van der Waals surface area contributed by atoms with Crippen molar-refractivity contribution in [2.45, 2.75) is 25.7 Å². The number of halogens is 1. The van der Waals surface area contributed by atoms with Gasteiger partial charge in [0.25, 0.3) is 0 Å². The van der Waals surface area contributed by atoms with Crippen LogP contribution in [0.25, 0.3) is 0 Å². The molecule has 0 aliphatic rings. The minimum absolute atomic E-state index is 0.0337. The summed E-state index contributed by atoms with van der Waals surface area (Å²) in [4.78, 5) is 12.4. The molecule has 0 fully saturated rings. The highest BCUT2D eigenvalue weighted by atomic mass is 79.9. The van der Waals surface area contributed by atoms with Crippen molar-refractivity contribution in [3.05, 3.63) is 58.1 Å². The van der Waals surface area contributed by atoms with Crippen LogP contribution in [0.2, 0.25) is 0 Å². The van der Waals surface area contributed by atoms with Gasteiger partial charge in [-0.1, -0.05) is 48.0 Å². The quantitative estimate of drug-likeness (QED) is 0.753. The van der Waals surface area contributed by atoms with E-state index in [4.69, 9.17) is 9.47 Å². The van der Waals surface area contributed by atoms with Crippen LogP contribution in [-0.4, -0.2) is 26.7 Å². The number of amides is 1. The number of ether oxygens (including phenoxy) is 2. The van der Waals surface area contributed by atoms with E-state index in [1.165, 1.54) is 5.56 Å². The van der Waals surface area contributed by atoms with Crippen molar-refractivity contribution >= 4 is 21.8 Å². The van der Waals surface area contributed by atoms with Crippen molar-refractivity contribution < 1.29 is 14.3 Å². The zero-order valence-corrected chi connectivity index (χ0v) is 16.6. The van der Waals surface area contributed by atoms with E-state index in [-0.39, 0.29) is 17.7 Å². The molecule has 2 aromatic carbocycles. The van der Waals surface area contributed by atoms with Crippen molar-refractivity contribution in [1.29, 1.82) is 0 Å². The lowest BCUT2D eigenvalue weighted by Gasteiger charge is -2.26. The fourth-order valence-corrected chi connectivity index (χ4v) is 2.82. The fourth-order valence-electron chi connectivity index (χ4n) is 2.56. The molecule has 0 heterocycles. The molecule has 0 aliphatic carbocycles. The number of carbonyl (C=O) groups is 1.